The number of carbonyl (C=O) groups is 3. The van der Waals surface area contributed by atoms with Crippen molar-refractivity contribution in [2.24, 2.45) is 5.11 Å². The van der Waals surface area contributed by atoms with Gasteiger partial charge in [0.25, 0.3) is 5.56 Å². The zero-order valence-corrected chi connectivity index (χ0v) is 50.4. The van der Waals surface area contributed by atoms with Gasteiger partial charge in [-0.2, -0.15) is 4.39 Å². The van der Waals surface area contributed by atoms with Crippen LogP contribution in [0.1, 0.15) is 66.1 Å². The molecule has 10 aromatic rings. The number of hydrogen-bond acceptors (Lipinski definition) is 16. The van der Waals surface area contributed by atoms with Crippen LogP contribution in [-0.2, 0) is 12.8 Å². The van der Waals surface area contributed by atoms with E-state index >= 15 is 0 Å². The Balaban J connectivity index is 0.000000175. The van der Waals surface area contributed by atoms with Gasteiger partial charge >= 0.3 is 0 Å². The Morgan fingerprint density at radius 1 is 0.625 bits per heavy atom. The summed E-state index contributed by atoms with van der Waals surface area (Å²) in [6, 6.07) is 28.9. The first kappa shape index (κ1) is 62.3. The van der Waals surface area contributed by atoms with Gasteiger partial charge < -0.3 is 0 Å². The molecule has 0 saturated heterocycles. The summed E-state index contributed by atoms with van der Waals surface area (Å²) in [5.41, 5.74) is 9.98. The molecule has 10 rings (SSSR count). The molecule has 10 aromatic heterocycles. The van der Waals surface area contributed by atoms with Gasteiger partial charge in [0.05, 0.1) is 63.3 Å². The average molecular weight is 1380 g/mol. The Labute approximate surface area is 507 Å². The van der Waals surface area contributed by atoms with Crippen LogP contribution in [0.5, 0.6) is 0 Å². The standard InChI is InChI=1S/C19H14ClN5O2S.C14H10BrClN4OS.C9H7ClOS.C5H3BrFN.C5H3BrN4/c20-17-8-7-16(28-17)15(26)6-4-13-12-25(23-22-13)18-9-5-14(11-21-18)24-10-2-1-3-19(24)27;15-9-1-6-14(17-7-9)20-8-10(18-19-20)2-3-11(21)12-4-5-13(16)22-12;1-2-3-4-7(11)8-5-6-9(10)12-8;6-4-1-2-5(7)8-3-4;6-4-1-2-5(8-3-4)9-10-7/h1-3,5,7-12H,4,6H2;1,4-8H,2-3H2;1,5-6H,3-4H2;1-3H;1-3H. The molecule has 0 aliphatic rings. The summed E-state index contributed by atoms with van der Waals surface area (Å²) >= 11 is 30.9. The highest BCUT2D eigenvalue weighted by Gasteiger charge is 2.14. The van der Waals surface area contributed by atoms with Crippen LogP contribution in [0.15, 0.2) is 170 Å². The third-order valence-electron chi connectivity index (χ3n) is 9.90. The van der Waals surface area contributed by atoms with Crippen LogP contribution in [-0.4, -0.2) is 71.8 Å². The zero-order chi connectivity index (χ0) is 57.4. The number of azide groups is 1. The van der Waals surface area contributed by atoms with E-state index in [4.69, 9.17) is 46.8 Å². The van der Waals surface area contributed by atoms with Crippen LogP contribution in [0.3, 0.4) is 0 Å². The molecule has 0 amide bonds. The lowest BCUT2D eigenvalue weighted by Gasteiger charge is -2.05. The molecule has 0 spiro atoms. The van der Waals surface area contributed by atoms with Crippen LogP contribution in [0.4, 0.5) is 10.2 Å². The van der Waals surface area contributed by atoms with Gasteiger partial charge in [-0.15, -0.1) is 56.6 Å². The number of aryl methyl sites for hydroxylation is 2. The van der Waals surface area contributed by atoms with Crippen molar-refractivity contribution in [1.29, 1.82) is 0 Å². The fourth-order valence-electron chi connectivity index (χ4n) is 6.11. The van der Waals surface area contributed by atoms with Crippen molar-refractivity contribution in [1.82, 2.24) is 54.5 Å². The molecule has 80 heavy (non-hydrogen) atoms. The van der Waals surface area contributed by atoms with Gasteiger partial charge in [0.1, 0.15) is 5.82 Å². The van der Waals surface area contributed by atoms with Crippen molar-refractivity contribution in [3.8, 4) is 29.7 Å². The van der Waals surface area contributed by atoms with Crippen LogP contribution in [0, 0.1) is 18.3 Å². The molecule has 0 fully saturated rings. The van der Waals surface area contributed by atoms with Crippen molar-refractivity contribution >= 4 is 140 Å². The predicted molar refractivity (Wildman–Crippen MR) is 320 cm³/mol. The summed E-state index contributed by atoms with van der Waals surface area (Å²) in [5.74, 6) is 3.77. The van der Waals surface area contributed by atoms with E-state index in [0.29, 0.717) is 95.0 Å². The SMILES string of the molecule is C#CCCC(=O)c1ccc(Cl)s1.Fc1ccc(Br)cn1.O=C(CCc1cn(-c2ccc(-n3ccccc3=O)cn2)nn1)c1ccc(Cl)s1.O=C(CCc1cn(-c2ccc(Br)cn2)nn1)c1ccc(Cl)s1.[N-]=[N+]=Nc1ccc(Br)cn1. The van der Waals surface area contributed by atoms with Crippen LogP contribution in [0.2, 0.25) is 13.0 Å². The van der Waals surface area contributed by atoms with Gasteiger partial charge in [-0.25, -0.2) is 24.3 Å². The number of terminal acetylenes is 1. The quantitative estimate of drug-likeness (QED) is 0.0233. The van der Waals surface area contributed by atoms with Gasteiger partial charge in [-0.1, -0.05) is 51.3 Å². The van der Waals surface area contributed by atoms with Crippen LogP contribution < -0.4 is 5.56 Å². The minimum Gasteiger partial charge on any atom is -0.293 e. The highest BCUT2D eigenvalue weighted by molar-refractivity contribution is 9.11. The van der Waals surface area contributed by atoms with Crippen molar-refractivity contribution in [3.63, 3.8) is 0 Å². The zero-order valence-electron chi connectivity index (χ0n) is 40.9. The van der Waals surface area contributed by atoms with E-state index in [1.165, 1.54) is 56.9 Å². The molecule has 0 saturated carbocycles. The minimum absolute atomic E-state index is 0.0298. The van der Waals surface area contributed by atoms with E-state index in [-0.39, 0.29) is 22.9 Å². The number of pyridine rings is 5. The first-order chi connectivity index (χ1) is 38.6. The molecule has 0 atom stereocenters. The summed E-state index contributed by atoms with van der Waals surface area (Å²) < 4.78 is 21.0. The molecule has 0 aliphatic carbocycles. The highest BCUT2D eigenvalue weighted by Crippen LogP contribution is 2.25. The van der Waals surface area contributed by atoms with Crippen molar-refractivity contribution in [2.45, 2.75) is 38.5 Å². The number of nitrogens with zero attached hydrogens (tertiary/aromatic N) is 14. The number of thiophene rings is 3. The lowest BCUT2D eigenvalue weighted by molar-refractivity contribution is 0.0978. The summed E-state index contributed by atoms with van der Waals surface area (Å²) in [4.78, 5) is 67.7. The lowest BCUT2D eigenvalue weighted by atomic mass is 10.1. The number of Topliss-reactive ketones (excluding diaryl/α,β-unsaturated/α-hetero) is 3. The Bertz CT molecular complexity index is 3770. The Morgan fingerprint density at radius 2 is 1.11 bits per heavy atom. The molecule has 0 aliphatic heterocycles. The molecule has 28 heteroatoms. The maximum absolute atomic E-state index is 12.2. The minimum atomic E-state index is -0.451. The first-order valence-electron chi connectivity index (χ1n) is 22.9. The third-order valence-corrected chi connectivity index (χ3v) is 15.1. The molecular formula is C52H37Br3Cl3FN14O4S3. The van der Waals surface area contributed by atoms with Gasteiger partial charge in [0.15, 0.2) is 29.0 Å². The second kappa shape index (κ2) is 32.3. The Kier molecular flexibility index (Phi) is 25.2. The van der Waals surface area contributed by atoms with Gasteiger partial charge in [0.2, 0.25) is 5.95 Å². The second-order valence-corrected chi connectivity index (χ2v) is 23.4. The second-order valence-electron chi connectivity index (χ2n) is 15.5. The molecule has 0 aromatic carbocycles. The number of carbonyl (C=O) groups excluding carboxylic acids is 3. The van der Waals surface area contributed by atoms with E-state index in [1.807, 2.05) is 12.1 Å². The van der Waals surface area contributed by atoms with E-state index in [1.54, 1.807) is 125 Å². The van der Waals surface area contributed by atoms with Gasteiger partial charge in [-0.3, -0.25) is 28.7 Å². The van der Waals surface area contributed by atoms with Crippen molar-refractivity contribution in [2.75, 3.05) is 0 Å². The van der Waals surface area contributed by atoms with E-state index < -0.39 is 5.95 Å². The van der Waals surface area contributed by atoms with Gasteiger partial charge in [0, 0.05) is 87.7 Å². The number of hydrogen-bond donors (Lipinski definition) is 0. The smallest absolute Gasteiger partial charge is 0.255 e. The highest BCUT2D eigenvalue weighted by atomic mass is 79.9. The molecule has 10 heterocycles. The monoisotopic (exact) mass is 1380 g/mol. The maximum Gasteiger partial charge on any atom is 0.255 e. The normalized spacial score (nSPS) is 10.2. The molecule has 406 valence electrons. The van der Waals surface area contributed by atoms with E-state index in [0.717, 1.165) is 19.1 Å². The molecule has 0 bridgehead atoms. The molecule has 0 unspecified atom stereocenters. The summed E-state index contributed by atoms with van der Waals surface area (Å²) in [6.07, 6.45) is 19.1. The first-order valence-corrected chi connectivity index (χ1v) is 28.8. The third kappa shape index (κ3) is 20.6. The summed E-state index contributed by atoms with van der Waals surface area (Å²) in [7, 11) is 0. The number of halogens is 7. The Hall–Kier alpha value is -6.95. The molecule has 18 nitrogen and oxygen atoms in total. The van der Waals surface area contributed by atoms with Crippen LogP contribution in [0.25, 0.3) is 27.8 Å². The molecule has 0 radical (unpaired) electrons. The van der Waals surface area contributed by atoms with E-state index in [2.05, 4.69) is 104 Å². The fourth-order valence-corrected chi connectivity index (χ4v) is 9.85. The largest absolute Gasteiger partial charge is 0.293 e. The van der Waals surface area contributed by atoms with Crippen LogP contribution >= 0.6 is 117 Å². The Morgan fingerprint density at radius 3 is 1.51 bits per heavy atom. The average Bonchev–Trinajstić information content (AvgIpc) is 4.36. The number of ketones is 3. The lowest BCUT2D eigenvalue weighted by Crippen LogP contribution is -2.15. The topological polar surface area (TPSA) is 235 Å². The predicted octanol–water partition coefficient (Wildman–Crippen LogP) is 15.1. The van der Waals surface area contributed by atoms with Crippen molar-refractivity contribution in [3.05, 3.63) is 226 Å². The molecule has 0 N–H and O–H groups in total. The van der Waals surface area contributed by atoms with Gasteiger partial charge in [-0.05, 0) is 149 Å². The maximum atomic E-state index is 12.2. The fraction of sp³-hybridized carbons (Fsp3) is 0.115. The van der Waals surface area contributed by atoms with E-state index in [9.17, 15) is 23.6 Å². The summed E-state index contributed by atoms with van der Waals surface area (Å²) in [6.45, 7) is 0. The molecular weight excluding hydrogens is 1350 g/mol. The summed E-state index contributed by atoms with van der Waals surface area (Å²) in [5, 5.41) is 19.6. The van der Waals surface area contributed by atoms with Crippen molar-refractivity contribution < 1.29 is 18.8 Å². The number of rotatable bonds is 15. The number of aromatic nitrogens is 11.